The van der Waals surface area contributed by atoms with Crippen LogP contribution < -0.4 is 10.9 Å². The number of rotatable bonds is 5. The van der Waals surface area contributed by atoms with E-state index < -0.39 is 11.7 Å². The number of para-hydroxylation sites is 1. The molecular weight excluding hydrogens is 361 g/mol. The first kappa shape index (κ1) is 17.6. The first-order chi connectivity index (χ1) is 12.0. The molecule has 8 heteroatoms. The van der Waals surface area contributed by atoms with Gasteiger partial charge in [0.05, 0.1) is 11.1 Å². The van der Waals surface area contributed by atoms with Gasteiger partial charge in [-0.25, -0.2) is 9.37 Å². The molecule has 0 saturated carbocycles. The number of hydrogen-bond donors (Lipinski definition) is 1. The molecule has 2 heterocycles. The molecule has 0 fully saturated rings. The topological polar surface area (TPSA) is 64.0 Å². The number of nitrogens with zero attached hydrogens (tertiary/aromatic N) is 2. The van der Waals surface area contributed by atoms with Gasteiger partial charge in [0.1, 0.15) is 17.2 Å². The van der Waals surface area contributed by atoms with E-state index in [4.69, 9.17) is 0 Å². The molecular formula is C17H16FN3O2S2. The number of aromatic nitrogens is 2. The van der Waals surface area contributed by atoms with E-state index in [2.05, 4.69) is 10.3 Å². The zero-order valence-corrected chi connectivity index (χ0v) is 15.3. The molecule has 0 aliphatic rings. The van der Waals surface area contributed by atoms with Crippen LogP contribution in [0.4, 0.5) is 10.1 Å². The lowest BCUT2D eigenvalue weighted by Gasteiger charge is -2.11. The maximum Gasteiger partial charge on any atom is 0.263 e. The lowest BCUT2D eigenvalue weighted by molar-refractivity contribution is -0.116. The van der Waals surface area contributed by atoms with Gasteiger partial charge in [-0.05, 0) is 30.9 Å². The molecule has 0 aliphatic heterocycles. The first-order valence-electron chi connectivity index (χ1n) is 7.65. The van der Waals surface area contributed by atoms with Gasteiger partial charge < -0.3 is 5.32 Å². The number of nitrogens with one attached hydrogen (secondary N) is 1. The highest BCUT2D eigenvalue weighted by molar-refractivity contribution is 7.98. The average molecular weight is 377 g/mol. The fraction of sp³-hybridized carbons (Fsp3) is 0.235. The lowest BCUT2D eigenvalue weighted by atomic mass is 10.3. The molecule has 1 aromatic carbocycles. The van der Waals surface area contributed by atoms with Gasteiger partial charge in [-0.1, -0.05) is 30.8 Å². The minimum atomic E-state index is -0.521. The summed E-state index contributed by atoms with van der Waals surface area (Å²) >= 11 is 2.78. The van der Waals surface area contributed by atoms with E-state index in [0.717, 1.165) is 11.3 Å². The average Bonchev–Trinajstić information content (AvgIpc) is 3.03. The van der Waals surface area contributed by atoms with E-state index >= 15 is 0 Å². The maximum atomic E-state index is 13.7. The van der Waals surface area contributed by atoms with Crippen LogP contribution in [0.25, 0.3) is 10.2 Å². The summed E-state index contributed by atoms with van der Waals surface area (Å²) in [5.74, 6) is -0.998. The Morgan fingerprint density at radius 1 is 1.40 bits per heavy atom. The smallest absolute Gasteiger partial charge is 0.263 e. The fourth-order valence-corrected chi connectivity index (χ4v) is 3.98. The molecule has 0 atom stereocenters. The number of halogens is 1. The standard InChI is InChI=1S/C17H16FN3O2S2/c1-3-10-8-11-15(25-10)20-17(24-2)21(16(11)23)9-14(22)19-13-7-5-4-6-12(13)18/h4-8H,3,9H2,1-2H3,(H,19,22). The SMILES string of the molecule is CCc1cc2c(=O)n(CC(=O)Nc3ccccc3F)c(SC)nc2s1. The molecule has 3 rings (SSSR count). The van der Waals surface area contributed by atoms with Gasteiger partial charge in [0.25, 0.3) is 5.56 Å². The molecule has 0 spiro atoms. The van der Waals surface area contributed by atoms with Crippen LogP contribution in [0.1, 0.15) is 11.8 Å². The number of fused-ring (bicyclic) bond motifs is 1. The summed E-state index contributed by atoms with van der Waals surface area (Å²) in [4.78, 5) is 31.3. The normalized spacial score (nSPS) is 11.0. The largest absolute Gasteiger partial charge is 0.322 e. The monoisotopic (exact) mass is 377 g/mol. The second kappa shape index (κ2) is 7.37. The number of benzene rings is 1. The number of carbonyl (C=O) groups is 1. The number of amides is 1. The quantitative estimate of drug-likeness (QED) is 0.546. The van der Waals surface area contributed by atoms with Crippen molar-refractivity contribution in [2.45, 2.75) is 25.0 Å². The van der Waals surface area contributed by atoms with E-state index in [9.17, 15) is 14.0 Å². The van der Waals surface area contributed by atoms with Crippen molar-refractivity contribution in [3.63, 3.8) is 0 Å². The minimum Gasteiger partial charge on any atom is -0.322 e. The Kier molecular flexibility index (Phi) is 5.19. The van der Waals surface area contributed by atoms with E-state index in [-0.39, 0.29) is 17.8 Å². The van der Waals surface area contributed by atoms with Gasteiger partial charge in [-0.15, -0.1) is 11.3 Å². The van der Waals surface area contributed by atoms with Crippen LogP contribution in [-0.4, -0.2) is 21.7 Å². The van der Waals surface area contributed by atoms with Crippen molar-refractivity contribution >= 4 is 44.9 Å². The highest BCUT2D eigenvalue weighted by atomic mass is 32.2. The van der Waals surface area contributed by atoms with Crippen molar-refractivity contribution in [3.8, 4) is 0 Å². The zero-order valence-electron chi connectivity index (χ0n) is 13.7. The van der Waals surface area contributed by atoms with Gasteiger partial charge in [0.15, 0.2) is 5.16 Å². The van der Waals surface area contributed by atoms with Crippen molar-refractivity contribution < 1.29 is 9.18 Å². The van der Waals surface area contributed by atoms with Crippen LogP contribution in [-0.2, 0) is 17.8 Å². The van der Waals surface area contributed by atoms with E-state index in [1.165, 1.54) is 39.8 Å². The third-order valence-corrected chi connectivity index (χ3v) is 5.50. The van der Waals surface area contributed by atoms with Crippen molar-refractivity contribution in [2.75, 3.05) is 11.6 Å². The summed E-state index contributed by atoms with van der Waals surface area (Å²) in [6.07, 6.45) is 2.62. The second-order valence-corrected chi connectivity index (χ2v) is 7.19. The number of thioether (sulfide) groups is 1. The van der Waals surface area contributed by atoms with Crippen molar-refractivity contribution in [2.24, 2.45) is 0 Å². The Morgan fingerprint density at radius 2 is 2.16 bits per heavy atom. The van der Waals surface area contributed by atoms with Crippen molar-refractivity contribution in [1.29, 1.82) is 0 Å². The molecule has 2 aromatic heterocycles. The fourth-order valence-electron chi connectivity index (χ4n) is 2.41. The molecule has 1 N–H and O–H groups in total. The Morgan fingerprint density at radius 3 is 2.84 bits per heavy atom. The molecule has 0 aliphatic carbocycles. The van der Waals surface area contributed by atoms with Crippen LogP contribution in [0.3, 0.4) is 0 Å². The number of thiophene rings is 1. The third kappa shape index (κ3) is 3.59. The van der Waals surface area contributed by atoms with Gasteiger partial charge in [-0.3, -0.25) is 14.2 Å². The summed E-state index contributed by atoms with van der Waals surface area (Å²) < 4.78 is 15.0. The first-order valence-corrected chi connectivity index (χ1v) is 9.69. The molecule has 130 valence electrons. The Hall–Kier alpha value is -2.19. The van der Waals surface area contributed by atoms with Crippen LogP contribution in [0.5, 0.6) is 0 Å². The summed E-state index contributed by atoms with van der Waals surface area (Å²) in [5, 5.41) is 3.47. The molecule has 5 nitrogen and oxygen atoms in total. The molecule has 0 unspecified atom stereocenters. The van der Waals surface area contributed by atoms with Crippen molar-refractivity contribution in [1.82, 2.24) is 9.55 Å². The predicted octanol–water partition coefficient (Wildman–Crippen LogP) is 3.52. The third-order valence-electron chi connectivity index (χ3n) is 3.65. The molecule has 0 bridgehead atoms. The zero-order chi connectivity index (χ0) is 18.0. The highest BCUT2D eigenvalue weighted by Gasteiger charge is 2.16. The van der Waals surface area contributed by atoms with Gasteiger partial charge in [0.2, 0.25) is 5.91 Å². The highest BCUT2D eigenvalue weighted by Crippen LogP contribution is 2.24. The Balaban J connectivity index is 1.94. The minimum absolute atomic E-state index is 0.0871. The maximum absolute atomic E-state index is 13.7. The predicted molar refractivity (Wildman–Crippen MR) is 100 cm³/mol. The lowest BCUT2D eigenvalue weighted by Crippen LogP contribution is -2.29. The summed E-state index contributed by atoms with van der Waals surface area (Å²) in [6, 6.07) is 7.73. The Labute approximate surface area is 151 Å². The van der Waals surface area contributed by atoms with E-state index in [1.807, 2.05) is 13.0 Å². The number of carbonyl (C=O) groups excluding carboxylic acids is 1. The summed E-state index contributed by atoms with van der Waals surface area (Å²) in [6.45, 7) is 1.80. The number of aryl methyl sites for hydroxylation is 1. The number of hydrogen-bond acceptors (Lipinski definition) is 5. The summed E-state index contributed by atoms with van der Waals surface area (Å²) in [5.41, 5.74) is -0.168. The molecule has 25 heavy (non-hydrogen) atoms. The van der Waals surface area contributed by atoms with Crippen LogP contribution in [0, 0.1) is 5.82 Å². The van der Waals surface area contributed by atoms with Gasteiger partial charge >= 0.3 is 0 Å². The molecule has 0 radical (unpaired) electrons. The van der Waals surface area contributed by atoms with E-state index in [0.29, 0.717) is 15.4 Å². The molecule has 3 aromatic rings. The van der Waals surface area contributed by atoms with Gasteiger partial charge in [-0.2, -0.15) is 0 Å². The number of anilines is 1. The molecule has 0 saturated heterocycles. The van der Waals surface area contributed by atoms with Crippen LogP contribution in [0.15, 0.2) is 40.3 Å². The van der Waals surface area contributed by atoms with Crippen LogP contribution in [0.2, 0.25) is 0 Å². The second-order valence-electron chi connectivity index (χ2n) is 5.30. The summed E-state index contributed by atoms with van der Waals surface area (Å²) in [7, 11) is 0. The molecule has 1 amide bonds. The Bertz CT molecular complexity index is 997. The van der Waals surface area contributed by atoms with Gasteiger partial charge in [0, 0.05) is 4.88 Å². The van der Waals surface area contributed by atoms with E-state index in [1.54, 1.807) is 18.4 Å². The van der Waals surface area contributed by atoms with Crippen molar-refractivity contribution in [3.05, 3.63) is 51.4 Å². The van der Waals surface area contributed by atoms with Crippen LogP contribution >= 0.6 is 23.1 Å².